The monoisotopic (exact) mass is 522 g/mol. The van der Waals surface area contributed by atoms with Gasteiger partial charge in [-0.2, -0.15) is 0 Å². The average Bonchev–Trinajstić information content (AvgIpc) is 2.84. The Morgan fingerprint density at radius 1 is 0.784 bits per heavy atom. The predicted molar refractivity (Wildman–Crippen MR) is 132 cm³/mol. The van der Waals surface area contributed by atoms with Gasteiger partial charge >= 0.3 is 11.9 Å². The van der Waals surface area contributed by atoms with Crippen molar-refractivity contribution >= 4 is 35.3 Å². The van der Waals surface area contributed by atoms with Gasteiger partial charge in [-0.25, -0.2) is 4.79 Å². The minimum absolute atomic E-state index is 0.0353. The van der Waals surface area contributed by atoms with Crippen LogP contribution in [0.4, 0.5) is 5.69 Å². The van der Waals surface area contributed by atoms with Gasteiger partial charge in [0.05, 0.1) is 11.3 Å². The Morgan fingerprint density at radius 3 is 1.95 bits per heavy atom. The lowest BCUT2D eigenvalue weighted by molar-refractivity contribution is -0.384. The molecule has 0 unspecified atom stereocenters. The fraction of sp³-hybridized carbons (Fsp3) is 0.542. The molecule has 37 heavy (non-hydrogen) atoms. The molecular weight excluding hydrogens is 488 g/mol. The Hall–Kier alpha value is -4.03. The van der Waals surface area contributed by atoms with Gasteiger partial charge in [0.2, 0.25) is 11.8 Å². The minimum Gasteiger partial charge on any atom is -0.481 e. The van der Waals surface area contributed by atoms with Crippen LogP contribution in [0.1, 0.15) is 74.6 Å². The Bertz CT molecular complexity index is 935. The first-order chi connectivity index (χ1) is 17.6. The molecule has 1 atom stereocenters. The van der Waals surface area contributed by atoms with Crippen LogP contribution in [-0.2, 0) is 19.2 Å². The van der Waals surface area contributed by atoms with Gasteiger partial charge in [0.1, 0.15) is 6.04 Å². The van der Waals surface area contributed by atoms with E-state index in [1.807, 2.05) is 0 Å². The van der Waals surface area contributed by atoms with E-state index in [1.54, 1.807) is 0 Å². The number of aliphatic carboxylic acids is 2. The number of non-ortho nitro benzene ring substituents is 1. The molecule has 0 aliphatic rings. The summed E-state index contributed by atoms with van der Waals surface area (Å²) in [6.45, 7) is 0.878. The summed E-state index contributed by atoms with van der Waals surface area (Å²) in [5.41, 5.74) is 0.292. The molecule has 0 bridgehead atoms. The first-order valence-corrected chi connectivity index (χ1v) is 12.1. The van der Waals surface area contributed by atoms with Gasteiger partial charge < -0.3 is 26.2 Å². The molecule has 1 aromatic carbocycles. The van der Waals surface area contributed by atoms with Crippen molar-refractivity contribution in [2.24, 2.45) is 0 Å². The van der Waals surface area contributed by atoms with E-state index in [0.717, 1.165) is 32.1 Å². The van der Waals surface area contributed by atoms with E-state index in [0.29, 0.717) is 37.9 Å². The summed E-state index contributed by atoms with van der Waals surface area (Å²) in [4.78, 5) is 67.3. The van der Waals surface area contributed by atoms with Crippen molar-refractivity contribution in [3.05, 3.63) is 39.9 Å². The number of hydrogen-bond donors (Lipinski definition) is 5. The second-order valence-corrected chi connectivity index (χ2v) is 8.44. The molecule has 0 aromatic heterocycles. The van der Waals surface area contributed by atoms with Gasteiger partial charge in [0.15, 0.2) is 0 Å². The van der Waals surface area contributed by atoms with E-state index in [1.165, 1.54) is 24.3 Å². The van der Waals surface area contributed by atoms with Gasteiger partial charge in [-0.15, -0.1) is 0 Å². The van der Waals surface area contributed by atoms with Crippen LogP contribution in [0.3, 0.4) is 0 Å². The maximum Gasteiger partial charge on any atom is 0.326 e. The van der Waals surface area contributed by atoms with Crippen molar-refractivity contribution in [1.29, 1.82) is 0 Å². The summed E-state index contributed by atoms with van der Waals surface area (Å²) in [5.74, 6) is -3.65. The molecule has 0 radical (unpaired) electrons. The van der Waals surface area contributed by atoms with Crippen molar-refractivity contribution in [2.45, 2.75) is 70.3 Å². The number of carboxylic acids is 2. The van der Waals surface area contributed by atoms with Gasteiger partial charge in [0, 0.05) is 43.6 Å². The van der Waals surface area contributed by atoms with E-state index in [9.17, 15) is 34.1 Å². The van der Waals surface area contributed by atoms with E-state index >= 15 is 0 Å². The number of carboxylic acid groups (broad SMARTS) is 2. The highest BCUT2D eigenvalue weighted by atomic mass is 16.6. The number of carbonyl (C=O) groups is 5. The lowest BCUT2D eigenvalue weighted by atomic mass is 10.1. The molecule has 204 valence electrons. The lowest BCUT2D eigenvalue weighted by Gasteiger charge is -2.12. The number of nitro groups is 1. The van der Waals surface area contributed by atoms with Crippen molar-refractivity contribution < 1.29 is 39.1 Å². The largest absolute Gasteiger partial charge is 0.481 e. The van der Waals surface area contributed by atoms with E-state index in [-0.39, 0.29) is 23.9 Å². The topological polar surface area (TPSA) is 205 Å². The number of nitro benzene ring substituents is 1. The molecule has 3 amide bonds. The highest BCUT2D eigenvalue weighted by Gasteiger charge is 2.22. The highest BCUT2D eigenvalue weighted by Crippen LogP contribution is 2.12. The first kappa shape index (κ1) is 31.0. The second kappa shape index (κ2) is 17.4. The molecule has 0 saturated carbocycles. The van der Waals surface area contributed by atoms with Gasteiger partial charge in [-0.1, -0.05) is 19.3 Å². The summed E-state index contributed by atoms with van der Waals surface area (Å²) >= 11 is 0. The molecule has 0 spiro atoms. The zero-order valence-corrected chi connectivity index (χ0v) is 20.6. The fourth-order valence-corrected chi connectivity index (χ4v) is 3.35. The Morgan fingerprint density at radius 2 is 1.32 bits per heavy atom. The van der Waals surface area contributed by atoms with Gasteiger partial charge in [-0.3, -0.25) is 29.3 Å². The molecule has 1 rings (SSSR count). The molecule has 0 heterocycles. The van der Waals surface area contributed by atoms with E-state index < -0.39 is 35.2 Å². The number of unbranched alkanes of at least 4 members (excludes halogenated alkanes) is 5. The molecule has 13 nitrogen and oxygen atoms in total. The fourth-order valence-electron chi connectivity index (χ4n) is 3.35. The minimum atomic E-state index is -1.47. The number of benzene rings is 1. The molecule has 1 aromatic rings. The first-order valence-electron chi connectivity index (χ1n) is 12.1. The van der Waals surface area contributed by atoms with E-state index in [2.05, 4.69) is 16.0 Å². The zero-order valence-electron chi connectivity index (χ0n) is 20.6. The highest BCUT2D eigenvalue weighted by molar-refractivity contribution is 5.94. The number of rotatable bonds is 19. The standard InChI is InChI=1S/C24H34N4O9/c29-20(25-14-7-5-9-21(30)27-19(24(34)35)16-22(31)32)8-4-2-1-3-6-15-26-23(33)17-10-12-18(13-11-17)28(36)37/h10-13,19H,1-9,14-16H2,(H,25,29)(H,26,33)(H,27,30)(H,31,32)(H,34,35)/t19-/m0/s1. The Kier molecular flexibility index (Phi) is 14.6. The van der Waals surface area contributed by atoms with Crippen LogP contribution in [0, 0.1) is 10.1 Å². The van der Waals surface area contributed by atoms with Crippen LogP contribution in [0.15, 0.2) is 24.3 Å². The van der Waals surface area contributed by atoms with Crippen molar-refractivity contribution in [1.82, 2.24) is 16.0 Å². The molecule has 5 N–H and O–H groups in total. The van der Waals surface area contributed by atoms with Crippen LogP contribution in [0.5, 0.6) is 0 Å². The van der Waals surface area contributed by atoms with Crippen molar-refractivity contribution in [3.63, 3.8) is 0 Å². The van der Waals surface area contributed by atoms with Crippen LogP contribution in [0.25, 0.3) is 0 Å². The summed E-state index contributed by atoms with van der Waals surface area (Å²) in [6, 6.07) is 3.93. The van der Waals surface area contributed by atoms with Crippen LogP contribution >= 0.6 is 0 Å². The van der Waals surface area contributed by atoms with Gasteiger partial charge in [0.25, 0.3) is 11.6 Å². The molecule has 0 saturated heterocycles. The quantitative estimate of drug-likeness (QED) is 0.102. The third-order valence-corrected chi connectivity index (χ3v) is 5.37. The molecule has 0 aliphatic carbocycles. The van der Waals surface area contributed by atoms with Crippen molar-refractivity contribution in [2.75, 3.05) is 13.1 Å². The van der Waals surface area contributed by atoms with Gasteiger partial charge in [-0.05, 0) is 37.8 Å². The smallest absolute Gasteiger partial charge is 0.326 e. The Labute approximate surface area is 214 Å². The number of amides is 3. The third kappa shape index (κ3) is 14.2. The zero-order chi connectivity index (χ0) is 27.6. The van der Waals surface area contributed by atoms with Crippen LogP contribution < -0.4 is 16.0 Å². The molecule has 0 fully saturated rings. The van der Waals surface area contributed by atoms with Crippen molar-refractivity contribution in [3.8, 4) is 0 Å². The maximum atomic E-state index is 12.0. The third-order valence-electron chi connectivity index (χ3n) is 5.37. The maximum absolute atomic E-state index is 12.0. The molecule has 0 aliphatic heterocycles. The van der Waals surface area contributed by atoms with E-state index in [4.69, 9.17) is 10.2 Å². The number of carbonyl (C=O) groups excluding carboxylic acids is 3. The summed E-state index contributed by atoms with van der Waals surface area (Å²) < 4.78 is 0. The number of nitrogens with zero attached hydrogens (tertiary/aromatic N) is 1. The second-order valence-electron chi connectivity index (χ2n) is 8.44. The Balaban J connectivity index is 2.01. The summed E-state index contributed by atoms with van der Waals surface area (Å²) in [6.07, 6.45) is 4.84. The number of nitrogens with one attached hydrogen (secondary N) is 3. The predicted octanol–water partition coefficient (Wildman–Crippen LogP) is 2.00. The number of hydrogen-bond acceptors (Lipinski definition) is 7. The average molecular weight is 523 g/mol. The molecular formula is C24H34N4O9. The normalized spacial score (nSPS) is 11.2. The lowest BCUT2D eigenvalue weighted by Crippen LogP contribution is -2.42. The molecule has 13 heteroatoms. The summed E-state index contributed by atoms with van der Waals surface area (Å²) in [7, 11) is 0. The SMILES string of the molecule is O=C(O)C[C@H](NC(=O)CCCCNC(=O)CCCCCCCNC(=O)c1ccc([N+](=O)[O-])cc1)C(=O)O. The van der Waals surface area contributed by atoms with Crippen LogP contribution in [-0.4, -0.2) is 63.9 Å². The van der Waals surface area contributed by atoms with Crippen LogP contribution in [0.2, 0.25) is 0 Å². The summed E-state index contributed by atoms with van der Waals surface area (Å²) in [5, 5.41) is 35.9.